The molecule has 4 rings (SSSR count). The molecule has 1 aliphatic rings. The predicted octanol–water partition coefficient (Wildman–Crippen LogP) is 4.92. The summed E-state index contributed by atoms with van der Waals surface area (Å²) >= 11 is 12.1. The third kappa shape index (κ3) is 6.35. The number of carbonyl (C=O) groups excluding carboxylic acids is 2. The normalized spacial score (nSPS) is 12.7. The van der Waals surface area contributed by atoms with Crippen LogP contribution in [0.4, 0.5) is 22.0 Å². The van der Waals surface area contributed by atoms with Crippen molar-refractivity contribution in [3.8, 4) is 0 Å². The molecular weight excluding hydrogens is 553 g/mol. The number of aromatic nitrogens is 2. The van der Waals surface area contributed by atoms with Crippen molar-refractivity contribution >= 4 is 62.4 Å². The molecule has 0 aliphatic carbocycles. The van der Waals surface area contributed by atoms with E-state index in [1.807, 2.05) is 6.92 Å². The Morgan fingerprint density at radius 1 is 1.13 bits per heavy atom. The number of carbonyl (C=O) groups is 2. The SMILES string of the molecule is CCCCOC(=O)CN(c1ccc2c(c1)CCN2C(=O)Nc1cnccn1)S(=O)(=O)c1cc(Cl)cc(Cl)c1. The van der Waals surface area contributed by atoms with E-state index in [0.29, 0.717) is 30.9 Å². The summed E-state index contributed by atoms with van der Waals surface area (Å²) in [7, 11) is -4.26. The molecule has 13 heteroatoms. The van der Waals surface area contributed by atoms with E-state index >= 15 is 0 Å². The summed E-state index contributed by atoms with van der Waals surface area (Å²) in [6.45, 7) is 1.97. The maximum atomic E-state index is 13.7. The van der Waals surface area contributed by atoms with Gasteiger partial charge in [0.25, 0.3) is 10.0 Å². The van der Waals surface area contributed by atoms with Crippen LogP contribution in [0.5, 0.6) is 0 Å². The highest BCUT2D eigenvalue weighted by molar-refractivity contribution is 7.92. The van der Waals surface area contributed by atoms with E-state index in [4.69, 9.17) is 27.9 Å². The molecule has 0 fully saturated rings. The molecule has 10 nitrogen and oxygen atoms in total. The summed E-state index contributed by atoms with van der Waals surface area (Å²) in [4.78, 5) is 34.8. The maximum Gasteiger partial charge on any atom is 0.327 e. The van der Waals surface area contributed by atoms with E-state index in [1.165, 1.54) is 47.8 Å². The van der Waals surface area contributed by atoms with Crippen LogP contribution in [0, 0.1) is 0 Å². The Hall–Kier alpha value is -3.41. The minimum absolute atomic E-state index is 0.139. The van der Waals surface area contributed by atoms with E-state index in [0.717, 1.165) is 16.3 Å². The number of nitrogens with zero attached hydrogens (tertiary/aromatic N) is 4. The number of anilines is 3. The van der Waals surface area contributed by atoms with Crippen molar-refractivity contribution in [2.45, 2.75) is 31.1 Å². The minimum Gasteiger partial charge on any atom is -0.464 e. The largest absolute Gasteiger partial charge is 0.464 e. The molecule has 2 aromatic carbocycles. The number of unbranched alkanes of at least 4 members (excludes halogenated alkanes) is 1. The molecule has 2 amide bonds. The summed E-state index contributed by atoms with van der Waals surface area (Å²) in [5, 5.41) is 2.97. The number of amides is 2. The highest BCUT2D eigenvalue weighted by Crippen LogP contribution is 2.35. The highest BCUT2D eigenvalue weighted by Gasteiger charge is 2.31. The summed E-state index contributed by atoms with van der Waals surface area (Å²) < 4.78 is 33.6. The van der Waals surface area contributed by atoms with Crippen molar-refractivity contribution in [1.29, 1.82) is 0 Å². The summed E-state index contributed by atoms with van der Waals surface area (Å²) in [6, 6.07) is 8.39. The van der Waals surface area contributed by atoms with Gasteiger partial charge in [-0.1, -0.05) is 36.5 Å². The molecule has 0 bridgehead atoms. The van der Waals surface area contributed by atoms with Gasteiger partial charge in [0.05, 0.1) is 23.4 Å². The van der Waals surface area contributed by atoms with Gasteiger partial charge in [0.1, 0.15) is 6.54 Å². The van der Waals surface area contributed by atoms with Gasteiger partial charge >= 0.3 is 12.0 Å². The van der Waals surface area contributed by atoms with Gasteiger partial charge in [0.2, 0.25) is 0 Å². The van der Waals surface area contributed by atoms with E-state index in [1.54, 1.807) is 12.1 Å². The first-order chi connectivity index (χ1) is 18.2. The number of esters is 1. The summed E-state index contributed by atoms with van der Waals surface area (Å²) in [5.41, 5.74) is 1.59. The number of fused-ring (bicyclic) bond motifs is 1. The number of sulfonamides is 1. The first kappa shape index (κ1) is 27.6. The highest BCUT2D eigenvalue weighted by atomic mass is 35.5. The van der Waals surface area contributed by atoms with Crippen molar-refractivity contribution in [2.24, 2.45) is 0 Å². The number of ether oxygens (including phenoxy) is 1. The molecule has 0 atom stereocenters. The molecular formula is C25H25Cl2N5O5S. The Bertz CT molecular complexity index is 1420. The van der Waals surface area contributed by atoms with Crippen LogP contribution >= 0.6 is 23.2 Å². The molecule has 0 unspecified atom stereocenters. The second-order valence-electron chi connectivity index (χ2n) is 8.43. The topological polar surface area (TPSA) is 122 Å². The third-order valence-corrected chi connectivity index (χ3v) is 7.94. The Morgan fingerprint density at radius 3 is 2.58 bits per heavy atom. The lowest BCUT2D eigenvalue weighted by atomic mass is 10.1. The Kier molecular flexibility index (Phi) is 8.70. The number of hydrogen-bond acceptors (Lipinski definition) is 7. The average molecular weight is 578 g/mol. The fourth-order valence-electron chi connectivity index (χ4n) is 3.91. The molecule has 3 aromatic rings. The van der Waals surface area contributed by atoms with Crippen molar-refractivity contribution < 1.29 is 22.7 Å². The van der Waals surface area contributed by atoms with Crippen LogP contribution in [0.25, 0.3) is 0 Å². The summed E-state index contributed by atoms with van der Waals surface area (Å²) in [5.74, 6) is -0.387. The predicted molar refractivity (Wildman–Crippen MR) is 145 cm³/mol. The van der Waals surface area contributed by atoms with Crippen LogP contribution in [-0.2, 0) is 26.0 Å². The smallest absolute Gasteiger partial charge is 0.327 e. The number of nitrogens with one attached hydrogen (secondary N) is 1. The molecule has 38 heavy (non-hydrogen) atoms. The fourth-order valence-corrected chi connectivity index (χ4v) is 6.04. The molecule has 1 N–H and O–H groups in total. The van der Waals surface area contributed by atoms with Gasteiger partial charge in [-0.2, -0.15) is 0 Å². The molecule has 0 saturated heterocycles. The lowest BCUT2D eigenvalue weighted by Gasteiger charge is -2.25. The van der Waals surface area contributed by atoms with Crippen LogP contribution in [0.3, 0.4) is 0 Å². The van der Waals surface area contributed by atoms with Crippen molar-refractivity contribution in [1.82, 2.24) is 9.97 Å². The van der Waals surface area contributed by atoms with Crippen LogP contribution in [-0.4, -0.2) is 50.1 Å². The van der Waals surface area contributed by atoms with Gasteiger partial charge in [-0.3, -0.25) is 24.3 Å². The standard InChI is InChI=1S/C25H25Cl2N5O5S/c1-2-3-10-37-24(33)16-32(38(35,36)21-13-18(26)12-19(27)14-21)20-4-5-22-17(11-20)6-9-31(22)25(34)30-23-15-28-7-8-29-23/h4-5,7-8,11-15H,2-3,6,9-10,16H2,1H3,(H,29,30,34). The van der Waals surface area contributed by atoms with Crippen LogP contribution in [0.2, 0.25) is 10.0 Å². The number of halogens is 2. The van der Waals surface area contributed by atoms with E-state index in [-0.39, 0.29) is 27.2 Å². The molecule has 200 valence electrons. The second-order valence-corrected chi connectivity index (χ2v) is 11.2. The van der Waals surface area contributed by atoms with Crippen molar-refractivity contribution in [2.75, 3.05) is 34.2 Å². The zero-order valence-corrected chi connectivity index (χ0v) is 22.8. The second kappa shape index (κ2) is 12.0. The van der Waals surface area contributed by atoms with E-state index in [9.17, 15) is 18.0 Å². The van der Waals surface area contributed by atoms with Gasteiger partial charge < -0.3 is 4.74 Å². The van der Waals surface area contributed by atoms with E-state index in [2.05, 4.69) is 15.3 Å². The van der Waals surface area contributed by atoms with Crippen molar-refractivity contribution in [3.63, 3.8) is 0 Å². The monoisotopic (exact) mass is 577 g/mol. The Balaban J connectivity index is 1.64. The van der Waals surface area contributed by atoms with Crippen LogP contribution in [0.15, 0.2) is 59.9 Å². The van der Waals surface area contributed by atoms with Crippen LogP contribution in [0.1, 0.15) is 25.3 Å². The van der Waals surface area contributed by atoms with Gasteiger partial charge in [-0.25, -0.2) is 18.2 Å². The molecule has 1 aromatic heterocycles. The van der Waals surface area contributed by atoms with Gasteiger partial charge in [0, 0.05) is 34.7 Å². The van der Waals surface area contributed by atoms with Gasteiger partial charge in [0.15, 0.2) is 5.82 Å². The number of benzene rings is 2. The lowest BCUT2D eigenvalue weighted by Crippen LogP contribution is -2.37. The van der Waals surface area contributed by atoms with Crippen LogP contribution < -0.4 is 14.5 Å². The minimum atomic E-state index is -4.26. The first-order valence-electron chi connectivity index (χ1n) is 11.8. The molecule has 0 radical (unpaired) electrons. The lowest BCUT2D eigenvalue weighted by molar-refractivity contribution is -0.141. The summed E-state index contributed by atoms with van der Waals surface area (Å²) in [6.07, 6.45) is 6.36. The zero-order valence-electron chi connectivity index (χ0n) is 20.4. The Morgan fingerprint density at radius 2 is 1.89 bits per heavy atom. The molecule has 1 aliphatic heterocycles. The van der Waals surface area contributed by atoms with Gasteiger partial charge in [-0.05, 0) is 54.8 Å². The zero-order chi connectivity index (χ0) is 27.3. The third-order valence-electron chi connectivity index (χ3n) is 5.75. The molecule has 2 heterocycles. The van der Waals surface area contributed by atoms with Crippen molar-refractivity contribution in [3.05, 3.63) is 70.6 Å². The fraction of sp³-hybridized carbons (Fsp3) is 0.280. The first-order valence-corrected chi connectivity index (χ1v) is 14.0. The molecule has 0 saturated carbocycles. The number of hydrogen-bond donors (Lipinski definition) is 1. The maximum absolute atomic E-state index is 13.7. The number of rotatable bonds is 9. The van der Waals surface area contributed by atoms with E-state index < -0.39 is 28.6 Å². The number of urea groups is 1. The van der Waals surface area contributed by atoms with Gasteiger partial charge in [-0.15, -0.1) is 0 Å². The molecule has 0 spiro atoms. The average Bonchev–Trinajstić information content (AvgIpc) is 3.31. The Labute approximate surface area is 230 Å². The quantitative estimate of drug-likeness (QED) is 0.283.